The summed E-state index contributed by atoms with van der Waals surface area (Å²) in [5.74, 6) is -0.387. The molecule has 1 N–H and O–H groups in total. The number of hydrogen-bond acceptors (Lipinski definition) is 4. The lowest BCUT2D eigenvalue weighted by Gasteiger charge is -2.32. The van der Waals surface area contributed by atoms with Gasteiger partial charge in [0.15, 0.2) is 5.17 Å². The molecule has 4 rings (SSSR count). The summed E-state index contributed by atoms with van der Waals surface area (Å²) in [6, 6.07) is 24.2. The van der Waals surface area contributed by atoms with E-state index >= 15 is 0 Å². The molecule has 0 radical (unpaired) electrons. The first-order chi connectivity index (χ1) is 15.5. The van der Waals surface area contributed by atoms with Gasteiger partial charge in [-0.25, -0.2) is 4.99 Å². The number of hydrogen-bond donors (Lipinski definition) is 1. The third kappa shape index (κ3) is 5.79. The molecular formula is C24H19BrClN3O2S. The van der Waals surface area contributed by atoms with E-state index in [9.17, 15) is 9.59 Å². The van der Waals surface area contributed by atoms with Crippen LogP contribution in [0.25, 0.3) is 0 Å². The SMILES string of the molecule is O=C(Nc1cccc(Br)c1)C1CC(=O)N(Cc2ccccc2)C(=Nc2cccc(Cl)c2)S1. The van der Waals surface area contributed by atoms with Crippen LogP contribution in [0.2, 0.25) is 5.02 Å². The molecule has 0 aliphatic carbocycles. The molecule has 1 aliphatic rings. The van der Waals surface area contributed by atoms with Crippen molar-refractivity contribution in [3.8, 4) is 0 Å². The lowest BCUT2D eigenvalue weighted by Crippen LogP contribution is -2.44. The van der Waals surface area contributed by atoms with E-state index in [-0.39, 0.29) is 18.2 Å². The van der Waals surface area contributed by atoms with Gasteiger partial charge in [-0.15, -0.1) is 0 Å². The number of nitrogens with zero attached hydrogens (tertiary/aromatic N) is 2. The molecule has 1 aliphatic heterocycles. The number of nitrogens with one attached hydrogen (secondary N) is 1. The van der Waals surface area contributed by atoms with E-state index in [4.69, 9.17) is 11.6 Å². The third-order valence-electron chi connectivity index (χ3n) is 4.74. The van der Waals surface area contributed by atoms with Crippen LogP contribution in [0.15, 0.2) is 88.3 Å². The molecule has 1 heterocycles. The van der Waals surface area contributed by atoms with Crippen LogP contribution < -0.4 is 5.32 Å². The lowest BCUT2D eigenvalue weighted by molar-refractivity contribution is -0.129. The Bertz CT molecular complexity index is 1170. The Morgan fingerprint density at radius 2 is 1.88 bits per heavy atom. The molecule has 8 heteroatoms. The van der Waals surface area contributed by atoms with Gasteiger partial charge in [0.2, 0.25) is 11.8 Å². The number of carbonyl (C=O) groups excluding carboxylic acids is 2. The first-order valence-corrected chi connectivity index (χ1v) is 11.9. The van der Waals surface area contributed by atoms with Crippen molar-refractivity contribution >= 4 is 67.6 Å². The normalized spacial score (nSPS) is 17.4. The molecule has 1 unspecified atom stereocenters. The number of carbonyl (C=O) groups is 2. The Hall–Kier alpha value is -2.61. The standard InChI is InChI=1S/C24H19BrClN3O2S/c25-17-8-4-10-19(12-17)27-23(31)21-14-22(30)29(15-16-6-2-1-3-7-16)24(32-21)28-20-11-5-9-18(26)13-20/h1-13,21H,14-15H2,(H,27,31). The van der Waals surface area contributed by atoms with Crippen molar-refractivity contribution in [3.63, 3.8) is 0 Å². The van der Waals surface area contributed by atoms with Gasteiger partial charge in [0, 0.05) is 21.6 Å². The Labute approximate surface area is 204 Å². The van der Waals surface area contributed by atoms with Crippen LogP contribution in [0.3, 0.4) is 0 Å². The molecule has 162 valence electrons. The quantitative estimate of drug-likeness (QED) is 0.425. The van der Waals surface area contributed by atoms with Gasteiger partial charge in [-0.2, -0.15) is 0 Å². The zero-order valence-electron chi connectivity index (χ0n) is 16.9. The van der Waals surface area contributed by atoms with Crippen LogP contribution in [0, 0.1) is 0 Å². The first-order valence-electron chi connectivity index (χ1n) is 9.89. The van der Waals surface area contributed by atoms with Crippen LogP contribution >= 0.6 is 39.3 Å². The number of halogens is 2. The van der Waals surface area contributed by atoms with Crippen molar-refractivity contribution < 1.29 is 9.59 Å². The Balaban J connectivity index is 1.60. The fourth-order valence-electron chi connectivity index (χ4n) is 3.21. The van der Waals surface area contributed by atoms with E-state index < -0.39 is 5.25 Å². The van der Waals surface area contributed by atoms with Crippen LogP contribution in [0.1, 0.15) is 12.0 Å². The van der Waals surface area contributed by atoms with Crippen molar-refractivity contribution in [3.05, 3.63) is 93.9 Å². The van der Waals surface area contributed by atoms with E-state index in [0.29, 0.717) is 28.1 Å². The fourth-order valence-corrected chi connectivity index (χ4v) is 4.89. The van der Waals surface area contributed by atoms with E-state index in [1.54, 1.807) is 29.2 Å². The molecular weight excluding hydrogens is 510 g/mol. The minimum Gasteiger partial charge on any atom is -0.325 e. The summed E-state index contributed by atoms with van der Waals surface area (Å²) < 4.78 is 0.861. The molecule has 1 fully saturated rings. The minimum absolute atomic E-state index is 0.0892. The maximum Gasteiger partial charge on any atom is 0.238 e. The second kappa shape index (κ2) is 10.3. The highest BCUT2D eigenvalue weighted by Gasteiger charge is 2.36. The fraction of sp³-hybridized carbons (Fsp3) is 0.125. The molecule has 2 amide bonds. The Morgan fingerprint density at radius 1 is 1.09 bits per heavy atom. The highest BCUT2D eigenvalue weighted by atomic mass is 79.9. The molecule has 1 saturated heterocycles. The molecule has 0 aromatic heterocycles. The number of anilines is 1. The maximum atomic E-state index is 13.1. The molecule has 5 nitrogen and oxygen atoms in total. The van der Waals surface area contributed by atoms with Gasteiger partial charge >= 0.3 is 0 Å². The van der Waals surface area contributed by atoms with Crippen molar-refractivity contribution in [2.75, 3.05) is 5.32 Å². The van der Waals surface area contributed by atoms with Gasteiger partial charge in [0.1, 0.15) is 5.25 Å². The van der Waals surface area contributed by atoms with Crippen LogP contribution in [-0.4, -0.2) is 27.1 Å². The Morgan fingerprint density at radius 3 is 2.62 bits per heavy atom. The summed E-state index contributed by atoms with van der Waals surface area (Å²) in [5.41, 5.74) is 2.27. The average molecular weight is 529 g/mol. The smallest absolute Gasteiger partial charge is 0.238 e. The van der Waals surface area contributed by atoms with Gasteiger partial charge in [0.05, 0.1) is 12.2 Å². The topological polar surface area (TPSA) is 61.8 Å². The number of aliphatic imine (C=N–C) groups is 1. The van der Waals surface area contributed by atoms with Gasteiger partial charge in [-0.1, -0.05) is 81.8 Å². The van der Waals surface area contributed by atoms with Gasteiger partial charge < -0.3 is 5.32 Å². The molecule has 3 aromatic rings. The molecule has 0 spiro atoms. The molecule has 32 heavy (non-hydrogen) atoms. The lowest BCUT2D eigenvalue weighted by atomic mass is 10.2. The largest absolute Gasteiger partial charge is 0.325 e. The monoisotopic (exact) mass is 527 g/mol. The second-order valence-electron chi connectivity index (χ2n) is 7.15. The van der Waals surface area contributed by atoms with E-state index in [1.165, 1.54) is 11.8 Å². The number of benzene rings is 3. The van der Waals surface area contributed by atoms with E-state index in [1.807, 2.05) is 54.6 Å². The van der Waals surface area contributed by atoms with Gasteiger partial charge in [0.25, 0.3) is 0 Å². The average Bonchev–Trinajstić information content (AvgIpc) is 2.76. The molecule has 0 saturated carbocycles. The Kier molecular flexibility index (Phi) is 7.29. The number of rotatable bonds is 5. The zero-order chi connectivity index (χ0) is 22.5. The third-order valence-corrected chi connectivity index (χ3v) is 6.66. The van der Waals surface area contributed by atoms with Gasteiger partial charge in [-0.3, -0.25) is 14.5 Å². The van der Waals surface area contributed by atoms with Crippen LogP contribution in [-0.2, 0) is 16.1 Å². The van der Waals surface area contributed by atoms with Crippen LogP contribution in [0.5, 0.6) is 0 Å². The minimum atomic E-state index is -0.591. The number of amidine groups is 1. The maximum absolute atomic E-state index is 13.1. The summed E-state index contributed by atoms with van der Waals surface area (Å²) in [7, 11) is 0. The summed E-state index contributed by atoms with van der Waals surface area (Å²) in [5, 5.41) is 3.33. The molecule has 1 atom stereocenters. The molecule has 0 bridgehead atoms. The van der Waals surface area contributed by atoms with Crippen LogP contribution in [0.4, 0.5) is 11.4 Å². The van der Waals surface area contributed by atoms with E-state index in [2.05, 4.69) is 26.2 Å². The van der Waals surface area contributed by atoms with Crippen molar-refractivity contribution in [2.24, 2.45) is 4.99 Å². The second-order valence-corrected chi connectivity index (χ2v) is 9.67. The first kappa shape index (κ1) is 22.6. The zero-order valence-corrected chi connectivity index (χ0v) is 20.0. The van der Waals surface area contributed by atoms with E-state index in [0.717, 1.165) is 10.0 Å². The highest BCUT2D eigenvalue weighted by Crippen LogP contribution is 2.31. The summed E-state index contributed by atoms with van der Waals surface area (Å²) >= 11 is 10.8. The summed E-state index contributed by atoms with van der Waals surface area (Å²) in [6.45, 7) is 0.381. The van der Waals surface area contributed by atoms with Crippen molar-refractivity contribution in [1.82, 2.24) is 4.90 Å². The highest BCUT2D eigenvalue weighted by molar-refractivity contribution is 9.10. The number of thioether (sulfide) groups is 1. The van der Waals surface area contributed by atoms with Crippen molar-refractivity contribution in [2.45, 2.75) is 18.2 Å². The number of amides is 2. The van der Waals surface area contributed by atoms with Gasteiger partial charge in [-0.05, 0) is 42.0 Å². The summed E-state index contributed by atoms with van der Waals surface area (Å²) in [6.07, 6.45) is 0.0892. The predicted octanol–water partition coefficient (Wildman–Crippen LogP) is 6.26. The molecule has 3 aromatic carbocycles. The van der Waals surface area contributed by atoms with Crippen molar-refractivity contribution in [1.29, 1.82) is 0 Å². The predicted molar refractivity (Wildman–Crippen MR) is 134 cm³/mol. The summed E-state index contributed by atoms with van der Waals surface area (Å²) in [4.78, 5) is 32.4.